The largest absolute Gasteiger partial charge is 0.479 e. The van der Waals surface area contributed by atoms with Gasteiger partial charge >= 0.3 is 5.97 Å². The van der Waals surface area contributed by atoms with Crippen molar-refractivity contribution in [3.8, 4) is 0 Å². The van der Waals surface area contributed by atoms with E-state index in [1.807, 2.05) is 0 Å². The van der Waals surface area contributed by atoms with E-state index in [0.29, 0.717) is 10.2 Å². The molecule has 0 amide bonds. The second-order valence-corrected chi connectivity index (χ2v) is 3.86. The Kier molecular flexibility index (Phi) is 3.67. The topological polar surface area (TPSA) is 104 Å². The normalized spacial score (nSPS) is 14.6. The summed E-state index contributed by atoms with van der Waals surface area (Å²) in [4.78, 5) is 10.4. The SMILES string of the molecule is Nc1ccc(C(O)C(O)C(=O)O)cc1Br. The molecule has 0 radical (unpaired) electrons. The van der Waals surface area contributed by atoms with E-state index in [-0.39, 0.29) is 5.56 Å². The number of nitrogen functional groups attached to an aromatic ring is 1. The van der Waals surface area contributed by atoms with Crippen molar-refractivity contribution in [3.05, 3.63) is 28.2 Å². The van der Waals surface area contributed by atoms with E-state index in [2.05, 4.69) is 15.9 Å². The number of halogens is 1. The lowest BCUT2D eigenvalue weighted by atomic mass is 10.0. The highest BCUT2D eigenvalue weighted by molar-refractivity contribution is 9.10. The number of rotatable bonds is 3. The predicted molar refractivity (Wildman–Crippen MR) is 57.2 cm³/mol. The van der Waals surface area contributed by atoms with E-state index in [9.17, 15) is 9.90 Å². The standard InChI is InChI=1S/C9H10BrNO4/c10-5-3-4(1-2-6(5)11)7(12)8(13)9(14)15/h1-3,7-8,12-13H,11H2,(H,14,15). The van der Waals surface area contributed by atoms with Gasteiger partial charge in [0.1, 0.15) is 6.10 Å². The predicted octanol–water partition coefficient (Wildman–Crippen LogP) is 0.510. The molecule has 0 bridgehead atoms. The van der Waals surface area contributed by atoms with E-state index >= 15 is 0 Å². The summed E-state index contributed by atoms with van der Waals surface area (Å²) in [5.74, 6) is -1.48. The quantitative estimate of drug-likeness (QED) is 0.602. The number of aliphatic carboxylic acids is 1. The van der Waals surface area contributed by atoms with E-state index in [0.717, 1.165) is 0 Å². The number of aliphatic hydroxyl groups is 2. The maximum atomic E-state index is 10.4. The third kappa shape index (κ3) is 2.68. The molecule has 0 heterocycles. The zero-order valence-corrected chi connectivity index (χ0v) is 9.18. The van der Waals surface area contributed by atoms with Crippen LogP contribution in [0.25, 0.3) is 0 Å². The molecule has 1 aromatic carbocycles. The number of hydrogen-bond donors (Lipinski definition) is 4. The number of anilines is 1. The van der Waals surface area contributed by atoms with Gasteiger partial charge in [-0.1, -0.05) is 6.07 Å². The van der Waals surface area contributed by atoms with Crippen LogP contribution in [0.4, 0.5) is 5.69 Å². The van der Waals surface area contributed by atoms with Crippen molar-refractivity contribution in [3.63, 3.8) is 0 Å². The van der Waals surface area contributed by atoms with Crippen LogP contribution in [0.15, 0.2) is 22.7 Å². The second-order valence-electron chi connectivity index (χ2n) is 3.01. The maximum absolute atomic E-state index is 10.4. The van der Waals surface area contributed by atoms with Crippen molar-refractivity contribution >= 4 is 27.6 Å². The Morgan fingerprint density at radius 1 is 1.40 bits per heavy atom. The zero-order chi connectivity index (χ0) is 11.6. The summed E-state index contributed by atoms with van der Waals surface area (Å²) in [6.07, 6.45) is -3.32. The summed E-state index contributed by atoms with van der Waals surface area (Å²) in [6.45, 7) is 0. The van der Waals surface area contributed by atoms with Gasteiger partial charge < -0.3 is 21.1 Å². The van der Waals surface area contributed by atoms with E-state index in [1.165, 1.54) is 18.2 Å². The molecule has 0 spiro atoms. The number of carbonyl (C=O) groups is 1. The van der Waals surface area contributed by atoms with E-state index < -0.39 is 18.2 Å². The molecular formula is C9H10BrNO4. The fourth-order valence-corrected chi connectivity index (χ4v) is 1.44. The molecule has 0 fully saturated rings. The van der Waals surface area contributed by atoms with Crippen LogP contribution in [0.5, 0.6) is 0 Å². The van der Waals surface area contributed by atoms with Crippen molar-refractivity contribution in [2.24, 2.45) is 0 Å². The third-order valence-electron chi connectivity index (χ3n) is 1.92. The molecule has 15 heavy (non-hydrogen) atoms. The lowest BCUT2D eigenvalue weighted by Gasteiger charge is -2.14. The van der Waals surface area contributed by atoms with Crippen molar-refractivity contribution in [2.75, 3.05) is 5.73 Å². The fraction of sp³-hybridized carbons (Fsp3) is 0.222. The van der Waals surface area contributed by atoms with Crippen LogP contribution in [0.3, 0.4) is 0 Å². The summed E-state index contributed by atoms with van der Waals surface area (Å²) in [7, 11) is 0. The lowest BCUT2D eigenvalue weighted by molar-refractivity contribution is -0.153. The molecular weight excluding hydrogens is 266 g/mol. The van der Waals surface area contributed by atoms with Crippen LogP contribution in [0, 0.1) is 0 Å². The van der Waals surface area contributed by atoms with Gasteiger partial charge in [0.05, 0.1) is 0 Å². The Labute approximate surface area is 94.3 Å². The van der Waals surface area contributed by atoms with Crippen molar-refractivity contribution in [1.82, 2.24) is 0 Å². The van der Waals surface area contributed by atoms with Gasteiger partial charge in [-0.3, -0.25) is 0 Å². The van der Waals surface area contributed by atoms with Gasteiger partial charge in [0.25, 0.3) is 0 Å². The fourth-order valence-electron chi connectivity index (χ4n) is 1.04. The van der Waals surface area contributed by atoms with Crippen LogP contribution in [0.2, 0.25) is 0 Å². The average Bonchev–Trinajstić information content (AvgIpc) is 2.19. The van der Waals surface area contributed by atoms with Gasteiger partial charge in [-0.15, -0.1) is 0 Å². The third-order valence-corrected chi connectivity index (χ3v) is 2.60. The Hall–Kier alpha value is -1.11. The first-order valence-electron chi connectivity index (χ1n) is 4.07. The van der Waals surface area contributed by atoms with E-state index in [4.69, 9.17) is 15.9 Å². The van der Waals surface area contributed by atoms with Crippen LogP contribution in [-0.4, -0.2) is 27.4 Å². The number of benzene rings is 1. The first-order valence-corrected chi connectivity index (χ1v) is 4.86. The van der Waals surface area contributed by atoms with Crippen LogP contribution in [-0.2, 0) is 4.79 Å². The van der Waals surface area contributed by atoms with Crippen molar-refractivity contribution in [2.45, 2.75) is 12.2 Å². The Morgan fingerprint density at radius 3 is 2.47 bits per heavy atom. The number of aliphatic hydroxyl groups excluding tert-OH is 2. The van der Waals surface area contributed by atoms with Crippen LogP contribution >= 0.6 is 15.9 Å². The second kappa shape index (κ2) is 4.61. The zero-order valence-electron chi connectivity index (χ0n) is 7.59. The molecule has 82 valence electrons. The summed E-state index contributed by atoms with van der Waals surface area (Å²) in [5.41, 5.74) is 6.27. The molecule has 0 aliphatic heterocycles. The maximum Gasteiger partial charge on any atom is 0.335 e. The molecule has 1 aromatic rings. The Morgan fingerprint density at radius 2 is 2.00 bits per heavy atom. The Balaban J connectivity index is 2.96. The van der Waals surface area contributed by atoms with Gasteiger partial charge in [0.15, 0.2) is 6.10 Å². The van der Waals surface area contributed by atoms with Gasteiger partial charge in [-0.25, -0.2) is 4.79 Å². The molecule has 0 aliphatic carbocycles. The lowest BCUT2D eigenvalue weighted by Crippen LogP contribution is -2.27. The van der Waals surface area contributed by atoms with Crippen LogP contribution < -0.4 is 5.73 Å². The summed E-state index contributed by atoms with van der Waals surface area (Å²) >= 11 is 3.14. The minimum Gasteiger partial charge on any atom is -0.479 e. The summed E-state index contributed by atoms with van der Waals surface area (Å²) < 4.78 is 0.539. The van der Waals surface area contributed by atoms with Gasteiger partial charge in [0, 0.05) is 10.2 Å². The highest BCUT2D eigenvalue weighted by Gasteiger charge is 2.25. The monoisotopic (exact) mass is 275 g/mol. The van der Waals surface area contributed by atoms with Crippen molar-refractivity contribution < 1.29 is 20.1 Å². The number of carboxylic acid groups (broad SMARTS) is 1. The summed E-state index contributed by atoms with van der Waals surface area (Å²) in [6, 6.07) is 4.43. The summed E-state index contributed by atoms with van der Waals surface area (Å²) in [5, 5.41) is 27.1. The molecule has 2 unspecified atom stereocenters. The highest BCUT2D eigenvalue weighted by Crippen LogP contribution is 2.25. The minimum absolute atomic E-state index is 0.283. The van der Waals surface area contributed by atoms with Gasteiger partial charge in [-0.2, -0.15) is 0 Å². The van der Waals surface area contributed by atoms with Gasteiger partial charge in [0.2, 0.25) is 0 Å². The molecule has 0 saturated heterocycles. The smallest absolute Gasteiger partial charge is 0.335 e. The molecule has 0 aliphatic rings. The number of hydrogen-bond acceptors (Lipinski definition) is 4. The number of carboxylic acids is 1. The van der Waals surface area contributed by atoms with Crippen LogP contribution in [0.1, 0.15) is 11.7 Å². The molecule has 5 N–H and O–H groups in total. The number of nitrogens with two attached hydrogens (primary N) is 1. The van der Waals surface area contributed by atoms with E-state index in [1.54, 1.807) is 0 Å². The Bertz CT molecular complexity index is 382. The molecule has 2 atom stereocenters. The molecule has 0 saturated carbocycles. The van der Waals surface area contributed by atoms with Crippen molar-refractivity contribution in [1.29, 1.82) is 0 Å². The first kappa shape index (κ1) is 12.0. The first-order chi connectivity index (χ1) is 6.93. The highest BCUT2D eigenvalue weighted by atomic mass is 79.9. The van der Waals surface area contributed by atoms with Gasteiger partial charge in [-0.05, 0) is 33.6 Å². The molecule has 0 aromatic heterocycles. The molecule has 1 rings (SSSR count). The average molecular weight is 276 g/mol. The minimum atomic E-state index is -1.85. The molecule has 6 heteroatoms. The molecule has 5 nitrogen and oxygen atoms in total.